The van der Waals surface area contributed by atoms with Gasteiger partial charge in [0.25, 0.3) is 0 Å². The molecular formula is C20H25NO2. The first-order chi connectivity index (χ1) is 11.3. The lowest BCUT2D eigenvalue weighted by Crippen LogP contribution is -2.24. The van der Waals surface area contributed by atoms with Crippen LogP contribution < -0.4 is 9.47 Å². The van der Waals surface area contributed by atoms with E-state index in [1.54, 1.807) is 7.11 Å². The zero-order valence-electron chi connectivity index (χ0n) is 13.8. The van der Waals surface area contributed by atoms with Gasteiger partial charge in [0.1, 0.15) is 18.2 Å². The molecule has 0 unspecified atom stereocenters. The minimum absolute atomic E-state index is 0.705. The standard InChI is InChI=1S/C20H25NO2/c1-22-19-9-6-7-17(15-19)11-12-18-8-2-3-10-20(18)23-16-21-13-4-5-14-21/h2-3,6-10,15H,4-5,11-14,16H2,1H3. The van der Waals surface area contributed by atoms with Gasteiger partial charge in [-0.1, -0.05) is 30.3 Å². The third-order valence-electron chi connectivity index (χ3n) is 4.39. The van der Waals surface area contributed by atoms with Crippen molar-refractivity contribution in [2.75, 3.05) is 26.9 Å². The summed E-state index contributed by atoms with van der Waals surface area (Å²) in [5.74, 6) is 1.93. The van der Waals surface area contributed by atoms with E-state index in [0.717, 1.165) is 37.4 Å². The van der Waals surface area contributed by atoms with E-state index >= 15 is 0 Å². The van der Waals surface area contributed by atoms with Crippen molar-refractivity contribution in [1.82, 2.24) is 4.90 Å². The highest BCUT2D eigenvalue weighted by atomic mass is 16.5. The smallest absolute Gasteiger partial charge is 0.142 e. The molecule has 0 atom stereocenters. The number of nitrogens with zero attached hydrogens (tertiary/aromatic N) is 1. The zero-order chi connectivity index (χ0) is 15.9. The van der Waals surface area contributed by atoms with Crippen LogP contribution in [0.5, 0.6) is 11.5 Å². The fourth-order valence-corrected chi connectivity index (χ4v) is 3.03. The van der Waals surface area contributed by atoms with Gasteiger partial charge in [-0.15, -0.1) is 0 Å². The summed E-state index contributed by atoms with van der Waals surface area (Å²) < 4.78 is 11.4. The third kappa shape index (κ3) is 4.49. The van der Waals surface area contributed by atoms with Gasteiger partial charge < -0.3 is 9.47 Å². The van der Waals surface area contributed by atoms with Gasteiger partial charge in [-0.3, -0.25) is 4.90 Å². The van der Waals surface area contributed by atoms with Gasteiger partial charge in [-0.2, -0.15) is 0 Å². The van der Waals surface area contributed by atoms with Crippen LogP contribution >= 0.6 is 0 Å². The van der Waals surface area contributed by atoms with Crippen LogP contribution in [0.4, 0.5) is 0 Å². The highest BCUT2D eigenvalue weighted by Gasteiger charge is 2.12. The Kier molecular flexibility index (Phi) is 5.54. The Bertz CT molecular complexity index is 621. The Morgan fingerprint density at radius 2 is 1.78 bits per heavy atom. The summed E-state index contributed by atoms with van der Waals surface area (Å²) >= 11 is 0. The molecule has 3 heteroatoms. The van der Waals surface area contributed by atoms with E-state index in [2.05, 4.69) is 35.2 Å². The maximum absolute atomic E-state index is 6.06. The summed E-state index contributed by atoms with van der Waals surface area (Å²) in [5.41, 5.74) is 2.56. The number of benzene rings is 2. The summed E-state index contributed by atoms with van der Waals surface area (Å²) in [7, 11) is 1.71. The quantitative estimate of drug-likeness (QED) is 0.774. The highest BCUT2D eigenvalue weighted by Crippen LogP contribution is 2.22. The second-order valence-corrected chi connectivity index (χ2v) is 6.06. The van der Waals surface area contributed by atoms with Crippen LogP contribution in [0.15, 0.2) is 48.5 Å². The summed E-state index contributed by atoms with van der Waals surface area (Å²) in [5, 5.41) is 0. The van der Waals surface area contributed by atoms with Gasteiger partial charge in [0.15, 0.2) is 0 Å². The first-order valence-electron chi connectivity index (χ1n) is 8.41. The normalized spacial score (nSPS) is 14.8. The van der Waals surface area contributed by atoms with Crippen LogP contribution in [-0.4, -0.2) is 31.8 Å². The Hall–Kier alpha value is -2.00. The highest BCUT2D eigenvalue weighted by molar-refractivity contribution is 5.35. The molecule has 23 heavy (non-hydrogen) atoms. The molecule has 1 aliphatic rings. The first kappa shape index (κ1) is 15.9. The topological polar surface area (TPSA) is 21.7 Å². The summed E-state index contributed by atoms with van der Waals surface area (Å²) in [6.45, 7) is 3.02. The number of aryl methyl sites for hydroxylation is 2. The number of likely N-dealkylation sites (tertiary alicyclic amines) is 1. The van der Waals surface area contributed by atoms with Crippen molar-refractivity contribution in [1.29, 1.82) is 0 Å². The molecule has 0 aliphatic carbocycles. The maximum Gasteiger partial charge on any atom is 0.142 e. The van der Waals surface area contributed by atoms with Crippen molar-refractivity contribution in [2.24, 2.45) is 0 Å². The molecule has 1 saturated heterocycles. The number of hydrogen-bond donors (Lipinski definition) is 0. The van der Waals surface area contributed by atoms with Gasteiger partial charge in [0.2, 0.25) is 0 Å². The minimum atomic E-state index is 0.705. The van der Waals surface area contributed by atoms with E-state index in [-0.39, 0.29) is 0 Å². The van der Waals surface area contributed by atoms with E-state index in [1.807, 2.05) is 18.2 Å². The fourth-order valence-electron chi connectivity index (χ4n) is 3.03. The number of para-hydroxylation sites is 1. The Labute approximate surface area is 138 Å². The molecule has 0 spiro atoms. The molecule has 1 aliphatic heterocycles. The summed E-state index contributed by atoms with van der Waals surface area (Å²) in [6.07, 6.45) is 4.55. The van der Waals surface area contributed by atoms with E-state index in [0.29, 0.717) is 6.73 Å². The molecule has 0 aromatic heterocycles. The third-order valence-corrected chi connectivity index (χ3v) is 4.39. The lowest BCUT2D eigenvalue weighted by molar-refractivity contribution is 0.151. The molecule has 0 N–H and O–H groups in total. The summed E-state index contributed by atoms with van der Waals surface area (Å²) in [4.78, 5) is 2.37. The Balaban J connectivity index is 1.60. The molecule has 2 aromatic carbocycles. The van der Waals surface area contributed by atoms with Crippen molar-refractivity contribution in [3.05, 3.63) is 59.7 Å². The van der Waals surface area contributed by atoms with E-state index in [1.165, 1.54) is 24.0 Å². The van der Waals surface area contributed by atoms with Gasteiger partial charge in [-0.25, -0.2) is 0 Å². The molecule has 122 valence electrons. The second kappa shape index (κ2) is 8.02. The van der Waals surface area contributed by atoms with E-state index < -0.39 is 0 Å². The summed E-state index contributed by atoms with van der Waals surface area (Å²) in [6, 6.07) is 16.7. The van der Waals surface area contributed by atoms with Crippen molar-refractivity contribution < 1.29 is 9.47 Å². The molecule has 1 heterocycles. The van der Waals surface area contributed by atoms with Crippen LogP contribution in [0.25, 0.3) is 0 Å². The largest absolute Gasteiger partial charge is 0.497 e. The van der Waals surface area contributed by atoms with E-state index in [4.69, 9.17) is 9.47 Å². The van der Waals surface area contributed by atoms with Crippen LogP contribution in [0.3, 0.4) is 0 Å². The van der Waals surface area contributed by atoms with Crippen LogP contribution in [-0.2, 0) is 12.8 Å². The van der Waals surface area contributed by atoms with Gasteiger partial charge >= 0.3 is 0 Å². The van der Waals surface area contributed by atoms with Crippen LogP contribution in [0, 0.1) is 0 Å². The predicted octanol–water partition coefficient (Wildman–Crippen LogP) is 3.91. The van der Waals surface area contributed by atoms with Gasteiger partial charge in [0, 0.05) is 13.1 Å². The second-order valence-electron chi connectivity index (χ2n) is 6.06. The molecule has 0 saturated carbocycles. The zero-order valence-corrected chi connectivity index (χ0v) is 13.8. The predicted molar refractivity (Wildman–Crippen MR) is 93.1 cm³/mol. The molecule has 2 aromatic rings. The number of methoxy groups -OCH3 is 1. The monoisotopic (exact) mass is 311 g/mol. The molecule has 3 rings (SSSR count). The van der Waals surface area contributed by atoms with E-state index in [9.17, 15) is 0 Å². The molecule has 1 fully saturated rings. The fraction of sp³-hybridized carbons (Fsp3) is 0.400. The van der Waals surface area contributed by atoms with Gasteiger partial charge in [0.05, 0.1) is 7.11 Å². The average Bonchev–Trinajstić information content (AvgIpc) is 3.12. The van der Waals surface area contributed by atoms with Crippen molar-refractivity contribution in [3.8, 4) is 11.5 Å². The van der Waals surface area contributed by atoms with Crippen LogP contribution in [0.1, 0.15) is 24.0 Å². The number of rotatable bonds is 7. The molecule has 3 nitrogen and oxygen atoms in total. The maximum atomic E-state index is 6.06. The van der Waals surface area contributed by atoms with Crippen LogP contribution in [0.2, 0.25) is 0 Å². The van der Waals surface area contributed by atoms with Gasteiger partial charge in [-0.05, 0) is 55.0 Å². The average molecular weight is 311 g/mol. The number of hydrogen-bond acceptors (Lipinski definition) is 3. The molecular weight excluding hydrogens is 286 g/mol. The van der Waals surface area contributed by atoms with Crippen molar-refractivity contribution in [2.45, 2.75) is 25.7 Å². The van der Waals surface area contributed by atoms with Crippen molar-refractivity contribution in [3.63, 3.8) is 0 Å². The van der Waals surface area contributed by atoms with Crippen molar-refractivity contribution >= 4 is 0 Å². The Morgan fingerprint density at radius 1 is 0.957 bits per heavy atom. The number of ether oxygens (including phenoxy) is 2. The lowest BCUT2D eigenvalue weighted by atomic mass is 10.0. The molecule has 0 radical (unpaired) electrons. The SMILES string of the molecule is COc1cccc(CCc2ccccc2OCN2CCCC2)c1. The minimum Gasteiger partial charge on any atom is -0.497 e. The lowest BCUT2D eigenvalue weighted by Gasteiger charge is -2.17. The molecule has 0 bridgehead atoms. The molecule has 0 amide bonds. The first-order valence-corrected chi connectivity index (χ1v) is 8.41. The Morgan fingerprint density at radius 3 is 2.61 bits per heavy atom.